The standard InChI is InChI=1S/C19H15Cl2N3O2/c1-26-13-5-6-14(15(8-13)11-3-2-4-12(22)7-11)19(25)24-18-16(20)9-23-10-17(18)21/h2-10H,22H2,1H3,(H,23,24,25). The maximum atomic E-state index is 12.9. The van der Waals surface area contributed by atoms with Gasteiger partial charge in [0.15, 0.2) is 0 Å². The number of halogens is 2. The van der Waals surface area contributed by atoms with Gasteiger partial charge in [0.05, 0.1) is 22.8 Å². The number of hydrogen-bond donors (Lipinski definition) is 2. The number of aromatic nitrogens is 1. The quantitative estimate of drug-likeness (QED) is 0.624. The van der Waals surface area contributed by atoms with Gasteiger partial charge >= 0.3 is 0 Å². The molecule has 0 atom stereocenters. The Kier molecular flexibility index (Phi) is 5.30. The van der Waals surface area contributed by atoms with Gasteiger partial charge in [-0.05, 0) is 41.5 Å². The molecular weight excluding hydrogens is 373 g/mol. The van der Waals surface area contributed by atoms with Crippen molar-refractivity contribution in [2.75, 3.05) is 18.2 Å². The minimum absolute atomic E-state index is 0.255. The normalized spacial score (nSPS) is 10.4. The highest BCUT2D eigenvalue weighted by Gasteiger charge is 2.17. The van der Waals surface area contributed by atoms with Crippen molar-refractivity contribution in [2.24, 2.45) is 0 Å². The zero-order chi connectivity index (χ0) is 18.7. The molecule has 26 heavy (non-hydrogen) atoms. The lowest BCUT2D eigenvalue weighted by Gasteiger charge is -2.14. The number of nitrogens with one attached hydrogen (secondary N) is 1. The minimum Gasteiger partial charge on any atom is -0.497 e. The number of methoxy groups -OCH3 is 1. The summed E-state index contributed by atoms with van der Waals surface area (Å²) >= 11 is 12.2. The van der Waals surface area contributed by atoms with E-state index in [-0.39, 0.29) is 16.0 Å². The predicted octanol–water partition coefficient (Wildman–Crippen LogP) is 4.90. The molecule has 0 bridgehead atoms. The molecule has 0 radical (unpaired) electrons. The van der Waals surface area contributed by atoms with Crippen LogP contribution in [-0.4, -0.2) is 18.0 Å². The van der Waals surface area contributed by atoms with Gasteiger partial charge in [-0.2, -0.15) is 0 Å². The van der Waals surface area contributed by atoms with Crippen LogP contribution in [0.1, 0.15) is 10.4 Å². The molecule has 0 unspecified atom stereocenters. The number of rotatable bonds is 4. The van der Waals surface area contributed by atoms with Crippen molar-refractivity contribution in [3.8, 4) is 16.9 Å². The first-order chi connectivity index (χ1) is 12.5. The largest absolute Gasteiger partial charge is 0.497 e. The van der Waals surface area contributed by atoms with Crippen LogP contribution in [0, 0.1) is 0 Å². The Morgan fingerprint density at radius 1 is 1.12 bits per heavy atom. The number of ether oxygens (including phenoxy) is 1. The van der Waals surface area contributed by atoms with Crippen LogP contribution in [-0.2, 0) is 0 Å². The molecule has 7 heteroatoms. The molecule has 3 aromatic rings. The van der Waals surface area contributed by atoms with Gasteiger partial charge in [0.2, 0.25) is 0 Å². The molecule has 5 nitrogen and oxygen atoms in total. The molecule has 0 aliphatic carbocycles. The summed E-state index contributed by atoms with van der Waals surface area (Å²) in [5.41, 5.74) is 8.68. The van der Waals surface area contributed by atoms with E-state index in [9.17, 15) is 4.79 Å². The van der Waals surface area contributed by atoms with Crippen molar-refractivity contribution in [3.05, 3.63) is 70.5 Å². The van der Waals surface area contributed by atoms with Crippen LogP contribution in [0.25, 0.3) is 11.1 Å². The molecule has 0 saturated heterocycles. The van der Waals surface area contributed by atoms with Crippen LogP contribution in [0.5, 0.6) is 5.75 Å². The van der Waals surface area contributed by atoms with Gasteiger partial charge in [-0.25, -0.2) is 0 Å². The van der Waals surface area contributed by atoms with Crippen molar-refractivity contribution in [3.63, 3.8) is 0 Å². The Bertz CT molecular complexity index is 956. The summed E-state index contributed by atoms with van der Waals surface area (Å²) < 4.78 is 5.28. The monoisotopic (exact) mass is 387 g/mol. The lowest BCUT2D eigenvalue weighted by Crippen LogP contribution is -2.14. The SMILES string of the molecule is COc1ccc(C(=O)Nc2c(Cl)cncc2Cl)c(-c2cccc(N)c2)c1. The third-order valence-electron chi connectivity index (χ3n) is 3.76. The summed E-state index contributed by atoms with van der Waals surface area (Å²) in [4.78, 5) is 16.8. The van der Waals surface area contributed by atoms with Crippen LogP contribution in [0.15, 0.2) is 54.9 Å². The summed E-state index contributed by atoms with van der Waals surface area (Å²) in [6.07, 6.45) is 2.83. The van der Waals surface area contributed by atoms with Gasteiger partial charge in [-0.15, -0.1) is 0 Å². The smallest absolute Gasteiger partial charge is 0.256 e. The topological polar surface area (TPSA) is 77.2 Å². The number of benzene rings is 2. The fraction of sp³-hybridized carbons (Fsp3) is 0.0526. The minimum atomic E-state index is -0.361. The lowest BCUT2D eigenvalue weighted by molar-refractivity contribution is 0.102. The van der Waals surface area contributed by atoms with E-state index in [4.69, 9.17) is 33.7 Å². The van der Waals surface area contributed by atoms with E-state index in [1.165, 1.54) is 12.4 Å². The summed E-state index contributed by atoms with van der Waals surface area (Å²) in [5.74, 6) is 0.263. The number of nitrogen functional groups attached to an aromatic ring is 1. The Morgan fingerprint density at radius 3 is 2.50 bits per heavy atom. The third kappa shape index (κ3) is 3.74. The molecule has 0 saturated carbocycles. The average Bonchev–Trinajstić information content (AvgIpc) is 2.64. The molecule has 132 valence electrons. The van der Waals surface area contributed by atoms with E-state index in [1.54, 1.807) is 37.4 Å². The second-order valence-corrected chi connectivity index (χ2v) is 6.28. The number of anilines is 2. The van der Waals surface area contributed by atoms with Crippen molar-refractivity contribution < 1.29 is 9.53 Å². The van der Waals surface area contributed by atoms with E-state index >= 15 is 0 Å². The first-order valence-corrected chi connectivity index (χ1v) is 8.39. The van der Waals surface area contributed by atoms with Gasteiger partial charge in [0, 0.05) is 23.6 Å². The van der Waals surface area contributed by atoms with Gasteiger partial charge < -0.3 is 15.8 Å². The lowest BCUT2D eigenvalue weighted by atomic mass is 9.98. The Labute approximate surface area is 160 Å². The van der Waals surface area contributed by atoms with Crippen molar-refractivity contribution in [1.82, 2.24) is 4.98 Å². The van der Waals surface area contributed by atoms with Crippen LogP contribution in [0.2, 0.25) is 10.0 Å². The first-order valence-electron chi connectivity index (χ1n) is 7.64. The van der Waals surface area contributed by atoms with E-state index in [0.717, 1.165) is 5.56 Å². The highest BCUT2D eigenvalue weighted by Crippen LogP contribution is 2.32. The molecule has 1 aromatic heterocycles. The molecule has 0 spiro atoms. The van der Waals surface area contributed by atoms with Gasteiger partial charge in [-0.3, -0.25) is 9.78 Å². The number of pyridine rings is 1. The van der Waals surface area contributed by atoms with Crippen molar-refractivity contribution in [1.29, 1.82) is 0 Å². The van der Waals surface area contributed by atoms with E-state index in [1.807, 2.05) is 12.1 Å². The summed E-state index contributed by atoms with van der Waals surface area (Å²) in [6.45, 7) is 0. The molecule has 0 aliphatic rings. The molecular formula is C19H15Cl2N3O2. The fourth-order valence-electron chi connectivity index (χ4n) is 2.50. The average molecular weight is 388 g/mol. The zero-order valence-corrected chi connectivity index (χ0v) is 15.3. The molecule has 1 heterocycles. The van der Waals surface area contributed by atoms with E-state index in [0.29, 0.717) is 28.3 Å². The molecule has 3 rings (SSSR count). The fourth-order valence-corrected chi connectivity index (χ4v) is 2.96. The molecule has 0 aliphatic heterocycles. The molecule has 2 aromatic carbocycles. The van der Waals surface area contributed by atoms with Gasteiger partial charge in [0.1, 0.15) is 5.75 Å². The van der Waals surface area contributed by atoms with Crippen molar-refractivity contribution >= 4 is 40.5 Å². The number of nitrogens with two attached hydrogens (primary N) is 1. The second kappa shape index (κ2) is 7.64. The predicted molar refractivity (Wildman–Crippen MR) is 105 cm³/mol. The van der Waals surface area contributed by atoms with E-state index in [2.05, 4.69) is 10.3 Å². The number of carbonyl (C=O) groups excluding carboxylic acids is 1. The Balaban J connectivity index is 2.05. The summed E-state index contributed by atoms with van der Waals surface area (Å²) in [5, 5.41) is 3.25. The van der Waals surface area contributed by atoms with Gasteiger partial charge in [-0.1, -0.05) is 35.3 Å². The highest BCUT2D eigenvalue weighted by molar-refractivity contribution is 6.39. The zero-order valence-electron chi connectivity index (χ0n) is 13.8. The molecule has 0 fully saturated rings. The van der Waals surface area contributed by atoms with E-state index < -0.39 is 0 Å². The third-order valence-corrected chi connectivity index (χ3v) is 4.33. The van der Waals surface area contributed by atoms with Crippen LogP contribution >= 0.6 is 23.2 Å². The highest BCUT2D eigenvalue weighted by atomic mass is 35.5. The molecule has 3 N–H and O–H groups in total. The number of nitrogens with zero attached hydrogens (tertiary/aromatic N) is 1. The van der Waals surface area contributed by atoms with Gasteiger partial charge in [0.25, 0.3) is 5.91 Å². The summed E-state index contributed by atoms with van der Waals surface area (Å²) in [6, 6.07) is 12.4. The Hall–Kier alpha value is -2.76. The van der Waals surface area contributed by atoms with Crippen molar-refractivity contribution in [2.45, 2.75) is 0 Å². The van der Waals surface area contributed by atoms with Crippen LogP contribution in [0.3, 0.4) is 0 Å². The number of hydrogen-bond acceptors (Lipinski definition) is 4. The number of amides is 1. The second-order valence-electron chi connectivity index (χ2n) is 5.47. The number of carbonyl (C=O) groups is 1. The van der Waals surface area contributed by atoms with Crippen LogP contribution < -0.4 is 15.8 Å². The summed E-state index contributed by atoms with van der Waals surface area (Å²) in [7, 11) is 1.56. The maximum absolute atomic E-state index is 12.9. The molecule has 1 amide bonds. The van der Waals surface area contributed by atoms with Crippen LogP contribution in [0.4, 0.5) is 11.4 Å². The Morgan fingerprint density at radius 2 is 1.85 bits per heavy atom. The maximum Gasteiger partial charge on any atom is 0.256 e. The first kappa shape index (κ1) is 18.0.